The van der Waals surface area contributed by atoms with E-state index in [1.54, 1.807) is 25.4 Å². The highest BCUT2D eigenvalue weighted by Gasteiger charge is 2.24. The van der Waals surface area contributed by atoms with E-state index in [1.165, 1.54) is 0 Å². The van der Waals surface area contributed by atoms with Crippen molar-refractivity contribution in [2.75, 3.05) is 45.4 Å². The first kappa shape index (κ1) is 24.6. The molecule has 8 heteroatoms. The van der Waals surface area contributed by atoms with Gasteiger partial charge in [0.25, 0.3) is 5.91 Å². The highest BCUT2D eigenvalue weighted by atomic mass is 16.5. The third-order valence-electron chi connectivity index (χ3n) is 6.59. The van der Waals surface area contributed by atoms with E-state index in [0.717, 1.165) is 27.8 Å². The van der Waals surface area contributed by atoms with Crippen LogP contribution in [0.25, 0.3) is 10.9 Å². The SMILES string of the molecule is COc1ccc(OC)c2nc(N3CCOCC3)c(CN(Cc3ccco3)C(=O)c3ccc(C)cc3)cc12. The van der Waals surface area contributed by atoms with Crippen molar-refractivity contribution in [3.8, 4) is 11.5 Å². The second kappa shape index (κ2) is 10.9. The van der Waals surface area contributed by atoms with Crippen molar-refractivity contribution >= 4 is 22.6 Å². The van der Waals surface area contributed by atoms with E-state index < -0.39 is 0 Å². The number of amides is 1. The number of furan rings is 1. The van der Waals surface area contributed by atoms with E-state index in [1.807, 2.05) is 55.5 Å². The first-order chi connectivity index (χ1) is 18.1. The second-order valence-electron chi connectivity index (χ2n) is 9.04. The Labute approximate surface area is 216 Å². The number of fused-ring (bicyclic) bond motifs is 1. The Morgan fingerprint density at radius 3 is 2.41 bits per heavy atom. The molecule has 0 radical (unpaired) electrons. The zero-order chi connectivity index (χ0) is 25.8. The van der Waals surface area contributed by atoms with Crippen molar-refractivity contribution in [3.63, 3.8) is 0 Å². The van der Waals surface area contributed by atoms with Crippen LogP contribution in [0.2, 0.25) is 0 Å². The molecule has 0 saturated carbocycles. The highest BCUT2D eigenvalue weighted by molar-refractivity contribution is 5.95. The molecule has 2 aromatic carbocycles. The van der Waals surface area contributed by atoms with Crippen LogP contribution in [0.5, 0.6) is 11.5 Å². The van der Waals surface area contributed by atoms with Gasteiger partial charge in [0.05, 0.1) is 46.8 Å². The van der Waals surface area contributed by atoms with Crippen molar-refractivity contribution < 1.29 is 23.4 Å². The molecular formula is C29H31N3O5. The first-order valence-corrected chi connectivity index (χ1v) is 12.3. The van der Waals surface area contributed by atoms with Gasteiger partial charge in [0.1, 0.15) is 28.6 Å². The summed E-state index contributed by atoms with van der Waals surface area (Å²) in [6, 6.07) is 17.1. The Morgan fingerprint density at radius 2 is 1.73 bits per heavy atom. The molecule has 1 aliphatic heterocycles. The van der Waals surface area contributed by atoms with Gasteiger partial charge in [0.2, 0.25) is 0 Å². The molecule has 3 heterocycles. The summed E-state index contributed by atoms with van der Waals surface area (Å²) in [7, 11) is 3.28. The third kappa shape index (κ3) is 5.24. The molecule has 1 aliphatic rings. The number of ether oxygens (including phenoxy) is 3. The van der Waals surface area contributed by atoms with Crippen LogP contribution in [0.1, 0.15) is 27.2 Å². The van der Waals surface area contributed by atoms with Crippen molar-refractivity contribution in [2.24, 2.45) is 0 Å². The number of rotatable bonds is 8. The molecule has 1 fully saturated rings. The second-order valence-corrected chi connectivity index (χ2v) is 9.04. The van der Waals surface area contributed by atoms with Crippen molar-refractivity contribution in [2.45, 2.75) is 20.0 Å². The van der Waals surface area contributed by atoms with E-state index in [0.29, 0.717) is 62.2 Å². The van der Waals surface area contributed by atoms with Gasteiger partial charge in [-0.15, -0.1) is 0 Å². The predicted octanol–water partition coefficient (Wildman–Crippen LogP) is 4.83. The number of carbonyl (C=O) groups is 1. The third-order valence-corrected chi connectivity index (χ3v) is 6.59. The van der Waals surface area contributed by atoms with Gasteiger partial charge in [0.15, 0.2) is 0 Å². The minimum Gasteiger partial charge on any atom is -0.496 e. The smallest absolute Gasteiger partial charge is 0.254 e. The molecule has 0 bridgehead atoms. The molecule has 0 N–H and O–H groups in total. The average Bonchev–Trinajstić information content (AvgIpc) is 3.45. The fourth-order valence-corrected chi connectivity index (χ4v) is 4.62. The summed E-state index contributed by atoms with van der Waals surface area (Å²) < 4.78 is 22.5. The van der Waals surface area contributed by atoms with Crippen LogP contribution in [0.4, 0.5) is 5.82 Å². The number of carbonyl (C=O) groups excluding carboxylic acids is 1. The molecule has 0 atom stereocenters. The number of nitrogens with zero attached hydrogens (tertiary/aromatic N) is 3. The van der Waals surface area contributed by atoms with Crippen LogP contribution in [0, 0.1) is 6.92 Å². The van der Waals surface area contributed by atoms with Crippen LogP contribution in [0.15, 0.2) is 65.3 Å². The number of hydrogen-bond acceptors (Lipinski definition) is 7. The number of anilines is 1. The lowest BCUT2D eigenvalue weighted by Gasteiger charge is -2.31. The molecule has 2 aromatic heterocycles. The molecule has 8 nitrogen and oxygen atoms in total. The normalized spacial score (nSPS) is 13.5. The lowest BCUT2D eigenvalue weighted by molar-refractivity contribution is 0.0717. The van der Waals surface area contributed by atoms with Gasteiger partial charge in [0, 0.05) is 29.6 Å². The summed E-state index contributed by atoms with van der Waals surface area (Å²) in [6.07, 6.45) is 1.62. The van der Waals surface area contributed by atoms with Crippen molar-refractivity contribution in [1.29, 1.82) is 0 Å². The van der Waals surface area contributed by atoms with E-state index in [2.05, 4.69) is 11.0 Å². The molecule has 1 amide bonds. The Hall–Kier alpha value is -4.04. The zero-order valence-corrected chi connectivity index (χ0v) is 21.4. The summed E-state index contributed by atoms with van der Waals surface area (Å²) >= 11 is 0. The molecule has 0 spiro atoms. The molecule has 1 saturated heterocycles. The van der Waals surface area contributed by atoms with Gasteiger partial charge < -0.3 is 28.4 Å². The Balaban J connectivity index is 1.61. The number of aryl methyl sites for hydroxylation is 1. The van der Waals surface area contributed by atoms with Crippen LogP contribution in [-0.2, 0) is 17.8 Å². The number of benzene rings is 2. The summed E-state index contributed by atoms with van der Waals surface area (Å²) in [5.41, 5.74) is 3.35. The van der Waals surface area contributed by atoms with Gasteiger partial charge in [-0.2, -0.15) is 0 Å². The van der Waals surface area contributed by atoms with Crippen LogP contribution < -0.4 is 14.4 Å². The molecule has 4 aromatic rings. The summed E-state index contributed by atoms with van der Waals surface area (Å²) in [6.45, 7) is 5.33. The van der Waals surface area contributed by atoms with E-state index in [-0.39, 0.29) is 5.91 Å². The van der Waals surface area contributed by atoms with Crippen molar-refractivity contribution in [1.82, 2.24) is 9.88 Å². The Bertz CT molecular complexity index is 1360. The standard InChI is InChI=1S/C29H31N3O5/c1-20-6-8-21(9-7-20)29(33)32(19-23-5-4-14-37-23)18-22-17-24-25(34-2)10-11-26(35-3)27(24)30-28(22)31-12-15-36-16-13-31/h4-11,14,17H,12-13,15-16,18-19H2,1-3H3. The van der Waals surface area contributed by atoms with E-state index >= 15 is 0 Å². The first-order valence-electron chi connectivity index (χ1n) is 12.3. The molecular weight excluding hydrogens is 470 g/mol. The van der Waals surface area contributed by atoms with Crippen LogP contribution >= 0.6 is 0 Å². The van der Waals surface area contributed by atoms with Crippen LogP contribution in [-0.4, -0.2) is 56.3 Å². The molecule has 0 unspecified atom stereocenters. The minimum absolute atomic E-state index is 0.0815. The summed E-state index contributed by atoms with van der Waals surface area (Å²) in [5.74, 6) is 2.80. The van der Waals surface area contributed by atoms with Gasteiger partial charge in [-0.05, 0) is 49.4 Å². The van der Waals surface area contributed by atoms with Gasteiger partial charge >= 0.3 is 0 Å². The number of aromatic nitrogens is 1. The van der Waals surface area contributed by atoms with Crippen LogP contribution in [0.3, 0.4) is 0 Å². The minimum atomic E-state index is -0.0815. The Kier molecular flexibility index (Phi) is 7.28. The lowest BCUT2D eigenvalue weighted by atomic mass is 10.1. The summed E-state index contributed by atoms with van der Waals surface area (Å²) in [5, 5.41) is 0.828. The number of pyridine rings is 1. The maximum atomic E-state index is 13.7. The van der Waals surface area contributed by atoms with Gasteiger partial charge in [-0.25, -0.2) is 4.98 Å². The molecule has 37 heavy (non-hydrogen) atoms. The number of hydrogen-bond donors (Lipinski definition) is 0. The number of morpholine rings is 1. The summed E-state index contributed by atoms with van der Waals surface area (Å²) in [4.78, 5) is 22.8. The lowest BCUT2D eigenvalue weighted by Crippen LogP contribution is -2.38. The van der Waals surface area contributed by atoms with Crippen molar-refractivity contribution in [3.05, 3.63) is 83.3 Å². The maximum Gasteiger partial charge on any atom is 0.254 e. The average molecular weight is 502 g/mol. The maximum absolute atomic E-state index is 13.7. The fraction of sp³-hybridized carbons (Fsp3) is 0.310. The van der Waals surface area contributed by atoms with Gasteiger partial charge in [-0.3, -0.25) is 4.79 Å². The molecule has 0 aliphatic carbocycles. The quantitative estimate of drug-likeness (QED) is 0.342. The molecule has 5 rings (SSSR count). The molecule has 192 valence electrons. The zero-order valence-electron chi connectivity index (χ0n) is 21.4. The fourth-order valence-electron chi connectivity index (χ4n) is 4.62. The van der Waals surface area contributed by atoms with E-state index in [4.69, 9.17) is 23.6 Å². The van der Waals surface area contributed by atoms with E-state index in [9.17, 15) is 4.79 Å². The predicted molar refractivity (Wildman–Crippen MR) is 141 cm³/mol. The highest BCUT2D eigenvalue weighted by Crippen LogP contribution is 2.36. The topological polar surface area (TPSA) is 77.3 Å². The number of methoxy groups -OCH3 is 2. The Morgan fingerprint density at radius 1 is 1.00 bits per heavy atom. The van der Waals surface area contributed by atoms with Gasteiger partial charge in [-0.1, -0.05) is 17.7 Å². The largest absolute Gasteiger partial charge is 0.496 e. The monoisotopic (exact) mass is 501 g/mol.